The summed E-state index contributed by atoms with van der Waals surface area (Å²) in [5.74, 6) is 0.820. The van der Waals surface area contributed by atoms with Gasteiger partial charge < -0.3 is 23.0 Å². The topological polar surface area (TPSA) is 62.8 Å². The van der Waals surface area contributed by atoms with Crippen molar-refractivity contribution < 1.29 is 17.0 Å². The quantitative estimate of drug-likeness (QED) is 0.556. The number of aromatic nitrogens is 2. The molecule has 0 fully saturated rings. The first kappa shape index (κ1) is 18.1. The Balaban J connectivity index is 0.00000242. The van der Waals surface area contributed by atoms with E-state index in [1.807, 2.05) is 62.4 Å². The van der Waals surface area contributed by atoms with Gasteiger partial charge in [-0.3, -0.25) is 0 Å². The monoisotopic (exact) mass is 322 g/mol. The third-order valence-corrected chi connectivity index (χ3v) is 3.27. The Bertz CT molecular complexity index is 603. The Morgan fingerprint density at radius 2 is 1.86 bits per heavy atom. The second-order valence-corrected chi connectivity index (χ2v) is 5.16. The van der Waals surface area contributed by atoms with Crippen LogP contribution in [0.4, 0.5) is 17.3 Å². The number of nitrogens with zero attached hydrogens (tertiary/aromatic N) is 5. The molecule has 6 nitrogen and oxygen atoms in total. The van der Waals surface area contributed by atoms with Crippen LogP contribution in [-0.4, -0.2) is 25.2 Å². The first-order valence-corrected chi connectivity index (χ1v) is 7.06. The normalized spacial score (nSPS) is 10.7. The van der Waals surface area contributed by atoms with E-state index in [4.69, 9.17) is 5.73 Å². The van der Waals surface area contributed by atoms with Crippen molar-refractivity contribution in [1.29, 1.82) is 0 Å². The third kappa shape index (κ3) is 4.54. The molecule has 1 aromatic heterocycles. The van der Waals surface area contributed by atoms with Gasteiger partial charge in [0.15, 0.2) is 0 Å². The highest BCUT2D eigenvalue weighted by Crippen LogP contribution is 2.20. The molecule has 0 saturated carbocycles. The molecule has 0 amide bonds. The van der Waals surface area contributed by atoms with Crippen molar-refractivity contribution in [3.63, 3.8) is 0 Å². The minimum absolute atomic E-state index is 0. The Kier molecular flexibility index (Phi) is 7.01. The van der Waals surface area contributed by atoms with E-state index < -0.39 is 0 Å². The summed E-state index contributed by atoms with van der Waals surface area (Å²) in [6, 6.07) is 7.99. The molecule has 0 aliphatic carbocycles. The first-order chi connectivity index (χ1) is 10.1. The van der Waals surface area contributed by atoms with Gasteiger partial charge in [-0.15, -0.1) is 0 Å². The van der Waals surface area contributed by atoms with Crippen molar-refractivity contribution >= 4 is 17.3 Å². The largest absolute Gasteiger partial charge is 1.00 e. The third-order valence-electron chi connectivity index (χ3n) is 3.27. The van der Waals surface area contributed by atoms with E-state index >= 15 is 0 Å². The molecule has 2 aromatic rings. The lowest BCUT2D eigenvalue weighted by molar-refractivity contribution is -0.657. The van der Waals surface area contributed by atoms with E-state index in [0.717, 1.165) is 30.3 Å². The van der Waals surface area contributed by atoms with Crippen LogP contribution >= 0.6 is 0 Å². The zero-order valence-corrected chi connectivity index (χ0v) is 14.0. The number of halogens is 1. The van der Waals surface area contributed by atoms with Gasteiger partial charge in [-0.05, 0) is 37.2 Å². The molecule has 2 N–H and O–H groups in total. The van der Waals surface area contributed by atoms with Gasteiger partial charge in [-0.2, -0.15) is 0 Å². The van der Waals surface area contributed by atoms with Crippen LogP contribution in [0.5, 0.6) is 0 Å². The number of imidazole rings is 1. The molecular formula is C15H23ClN6. The SMILES string of the molecule is CN(C)c1ccc(N=Nc2n(CCCN)cc[n+]2C)cc1.[Cl-]. The van der Waals surface area contributed by atoms with Crippen molar-refractivity contribution in [2.45, 2.75) is 13.0 Å². The van der Waals surface area contributed by atoms with Crippen LogP contribution in [0.1, 0.15) is 6.42 Å². The molecule has 1 aromatic carbocycles. The van der Waals surface area contributed by atoms with Gasteiger partial charge in [0, 0.05) is 24.9 Å². The molecule has 2 rings (SSSR count). The number of nitrogens with two attached hydrogens (primary N) is 1. The summed E-state index contributed by atoms with van der Waals surface area (Å²) < 4.78 is 4.01. The van der Waals surface area contributed by atoms with E-state index in [-0.39, 0.29) is 12.4 Å². The van der Waals surface area contributed by atoms with Crippen molar-refractivity contribution in [3.05, 3.63) is 36.7 Å². The zero-order valence-electron chi connectivity index (χ0n) is 13.3. The number of anilines is 1. The molecule has 120 valence electrons. The van der Waals surface area contributed by atoms with Crippen LogP contribution in [0, 0.1) is 0 Å². The van der Waals surface area contributed by atoms with E-state index in [1.54, 1.807) is 0 Å². The van der Waals surface area contributed by atoms with E-state index in [9.17, 15) is 0 Å². The zero-order chi connectivity index (χ0) is 15.2. The molecule has 0 atom stereocenters. The molecule has 0 bridgehead atoms. The Morgan fingerprint density at radius 3 is 2.45 bits per heavy atom. The van der Waals surface area contributed by atoms with Gasteiger partial charge in [0.1, 0.15) is 5.69 Å². The van der Waals surface area contributed by atoms with Crippen LogP contribution in [0.25, 0.3) is 0 Å². The first-order valence-electron chi connectivity index (χ1n) is 7.06. The molecule has 0 unspecified atom stereocenters. The maximum absolute atomic E-state index is 5.56. The Hall–Kier alpha value is -1.92. The lowest BCUT2D eigenvalue weighted by atomic mass is 10.3. The summed E-state index contributed by atoms with van der Waals surface area (Å²) in [6.45, 7) is 1.52. The second kappa shape index (κ2) is 8.51. The summed E-state index contributed by atoms with van der Waals surface area (Å²) in [5, 5.41) is 8.67. The van der Waals surface area contributed by atoms with Gasteiger partial charge in [-0.1, -0.05) is 5.11 Å². The lowest BCUT2D eigenvalue weighted by Crippen LogP contribution is -3.00. The van der Waals surface area contributed by atoms with Crippen LogP contribution in [0.2, 0.25) is 0 Å². The molecular weight excluding hydrogens is 300 g/mol. The van der Waals surface area contributed by atoms with Crippen molar-refractivity contribution in [3.8, 4) is 0 Å². The molecule has 0 saturated heterocycles. The standard InChI is InChI=1S/C15H23N6.ClH/c1-19(2)14-7-5-13(6-8-14)17-18-15-20(3)11-12-21(15)10-4-9-16;/h5-8,11-12H,4,9-10,16H2,1-3H3;1H/q+1;/p-1. The van der Waals surface area contributed by atoms with Crippen LogP contribution in [0.15, 0.2) is 46.9 Å². The number of hydrogen-bond acceptors (Lipinski definition) is 4. The molecule has 0 radical (unpaired) electrons. The molecule has 1 heterocycles. The molecule has 0 spiro atoms. The fourth-order valence-corrected chi connectivity index (χ4v) is 2.00. The molecule has 22 heavy (non-hydrogen) atoms. The average molecular weight is 323 g/mol. The minimum Gasteiger partial charge on any atom is -1.00 e. The number of hydrogen-bond donors (Lipinski definition) is 1. The number of aryl methyl sites for hydroxylation is 2. The van der Waals surface area contributed by atoms with Gasteiger partial charge in [0.05, 0.1) is 26.0 Å². The van der Waals surface area contributed by atoms with Gasteiger partial charge in [-0.25, -0.2) is 9.13 Å². The van der Waals surface area contributed by atoms with Crippen LogP contribution in [0.3, 0.4) is 0 Å². The van der Waals surface area contributed by atoms with E-state index in [1.165, 1.54) is 0 Å². The smallest absolute Gasteiger partial charge is 0.421 e. The summed E-state index contributed by atoms with van der Waals surface area (Å²) in [5.41, 5.74) is 7.54. The summed E-state index contributed by atoms with van der Waals surface area (Å²) in [7, 11) is 5.99. The van der Waals surface area contributed by atoms with Gasteiger partial charge >= 0.3 is 5.95 Å². The fraction of sp³-hybridized carbons (Fsp3) is 0.400. The summed E-state index contributed by atoms with van der Waals surface area (Å²) in [6.07, 6.45) is 4.90. The van der Waals surface area contributed by atoms with Crippen LogP contribution in [-0.2, 0) is 13.6 Å². The lowest BCUT2D eigenvalue weighted by Gasteiger charge is -2.11. The maximum Gasteiger partial charge on any atom is 0.421 e. The van der Waals surface area contributed by atoms with Crippen molar-refractivity contribution in [1.82, 2.24) is 4.57 Å². The molecule has 7 heteroatoms. The highest BCUT2D eigenvalue weighted by molar-refractivity contribution is 5.51. The molecule has 0 aliphatic rings. The summed E-state index contributed by atoms with van der Waals surface area (Å²) in [4.78, 5) is 2.05. The molecule has 0 aliphatic heterocycles. The summed E-state index contributed by atoms with van der Waals surface area (Å²) >= 11 is 0. The predicted molar refractivity (Wildman–Crippen MR) is 84.2 cm³/mol. The van der Waals surface area contributed by atoms with E-state index in [2.05, 4.69) is 19.7 Å². The maximum atomic E-state index is 5.56. The second-order valence-electron chi connectivity index (χ2n) is 5.16. The highest BCUT2D eigenvalue weighted by atomic mass is 35.5. The minimum atomic E-state index is 0. The predicted octanol–water partition coefficient (Wildman–Crippen LogP) is -0.853. The van der Waals surface area contributed by atoms with Gasteiger partial charge in [0.2, 0.25) is 0 Å². The van der Waals surface area contributed by atoms with E-state index in [0.29, 0.717) is 6.54 Å². The van der Waals surface area contributed by atoms with Gasteiger partial charge in [0.25, 0.3) is 0 Å². The Morgan fingerprint density at radius 1 is 1.18 bits per heavy atom. The number of benzene rings is 1. The Labute approximate surface area is 137 Å². The van der Waals surface area contributed by atoms with Crippen LogP contribution < -0.4 is 27.6 Å². The highest BCUT2D eigenvalue weighted by Gasteiger charge is 2.13. The van der Waals surface area contributed by atoms with Crippen molar-refractivity contribution in [2.24, 2.45) is 23.0 Å². The van der Waals surface area contributed by atoms with Crippen molar-refractivity contribution in [2.75, 3.05) is 25.5 Å². The number of rotatable bonds is 6. The average Bonchev–Trinajstić information content (AvgIpc) is 2.83. The number of azo groups is 1. The fourth-order valence-electron chi connectivity index (χ4n) is 2.00.